The number of carbonyl (C=O) groups is 1. The van der Waals surface area contributed by atoms with Crippen molar-refractivity contribution in [2.75, 3.05) is 6.61 Å². The molecule has 1 aromatic rings. The molecule has 0 aliphatic heterocycles. The monoisotopic (exact) mass is 300 g/mol. The van der Waals surface area contributed by atoms with Gasteiger partial charge in [0.15, 0.2) is 0 Å². The van der Waals surface area contributed by atoms with Crippen molar-refractivity contribution in [1.29, 1.82) is 0 Å². The number of nitrogens with zero attached hydrogens (tertiary/aromatic N) is 2. The van der Waals surface area contributed by atoms with Gasteiger partial charge in [0.2, 0.25) is 0 Å². The Labute approximate surface area is 98.0 Å². The number of ether oxygens (including phenoxy) is 1. The summed E-state index contributed by atoms with van der Waals surface area (Å²) >= 11 is 0. The van der Waals surface area contributed by atoms with Crippen LogP contribution in [0, 0.1) is 0 Å². The fraction of sp³-hybridized carbons (Fsp3) is 0.429. The van der Waals surface area contributed by atoms with E-state index in [4.69, 9.17) is 4.74 Å². The molecule has 0 unspecified atom stereocenters. The molecule has 18 heavy (non-hydrogen) atoms. The summed E-state index contributed by atoms with van der Waals surface area (Å²) in [5.41, 5.74) is 0. The molecular weight excluding hydrogens is 289 g/mol. The van der Waals surface area contributed by atoms with Gasteiger partial charge in [0.05, 0.1) is 13.7 Å². The van der Waals surface area contributed by atoms with Crippen LogP contribution in [0.3, 0.4) is 0 Å². The molecule has 0 aromatic carbocycles. The number of hydrogen-bond acceptors (Lipinski definition) is 2. The second-order valence-electron chi connectivity index (χ2n) is 3.14. The van der Waals surface area contributed by atoms with Crippen molar-refractivity contribution < 1.29 is 39.3 Å². The van der Waals surface area contributed by atoms with E-state index >= 15 is 0 Å². The molecule has 1 aromatic heterocycles. The first-order valence-corrected chi connectivity index (χ1v) is 6.48. The van der Waals surface area contributed by atoms with E-state index in [1.165, 1.54) is 4.57 Å². The van der Waals surface area contributed by atoms with Crippen LogP contribution in [0.25, 0.3) is 0 Å². The molecule has 0 bridgehead atoms. The van der Waals surface area contributed by atoms with Crippen LogP contribution >= 0.6 is 7.81 Å². The predicted molar refractivity (Wildman–Crippen MR) is 51.6 cm³/mol. The molecule has 0 aliphatic carbocycles. The van der Waals surface area contributed by atoms with Gasteiger partial charge in [-0.3, -0.25) is 0 Å². The van der Waals surface area contributed by atoms with Crippen molar-refractivity contribution in [2.24, 2.45) is 7.05 Å². The first kappa shape index (κ1) is 16.7. The molecule has 0 spiro atoms. The van der Waals surface area contributed by atoms with Gasteiger partial charge < -0.3 is 4.74 Å². The van der Waals surface area contributed by atoms with Crippen LogP contribution in [0.5, 0.6) is 0 Å². The van der Waals surface area contributed by atoms with Crippen molar-refractivity contribution in [1.82, 2.24) is 4.57 Å². The molecule has 1 heterocycles. The van der Waals surface area contributed by atoms with Gasteiger partial charge in [-0.05, 0) is 6.92 Å². The van der Waals surface area contributed by atoms with E-state index in [1.807, 2.05) is 7.05 Å². The van der Waals surface area contributed by atoms with Crippen LogP contribution in [-0.4, -0.2) is 17.3 Å². The van der Waals surface area contributed by atoms with Crippen molar-refractivity contribution in [2.45, 2.75) is 6.92 Å². The Morgan fingerprint density at radius 2 is 1.72 bits per heavy atom. The number of hydrogen-bond donors (Lipinski definition) is 0. The molecule has 4 nitrogen and oxygen atoms in total. The summed E-state index contributed by atoms with van der Waals surface area (Å²) in [5.74, 6) is 0. The number of halogens is 6. The number of imidazole rings is 1. The van der Waals surface area contributed by atoms with Crippen LogP contribution in [0.4, 0.5) is 30.0 Å². The summed E-state index contributed by atoms with van der Waals surface area (Å²) < 4.78 is 67.1. The predicted octanol–water partition coefficient (Wildman–Crippen LogP) is 3.70. The van der Waals surface area contributed by atoms with Crippen LogP contribution in [0.1, 0.15) is 6.92 Å². The topological polar surface area (TPSA) is 35.1 Å². The summed E-state index contributed by atoms with van der Waals surface area (Å²) in [5, 5.41) is 0. The van der Waals surface area contributed by atoms with Crippen LogP contribution in [0.2, 0.25) is 0 Å². The van der Waals surface area contributed by atoms with Crippen molar-refractivity contribution >= 4 is 13.9 Å². The maximum absolute atomic E-state index is 11.0. The van der Waals surface area contributed by atoms with Crippen molar-refractivity contribution in [3.05, 3.63) is 18.7 Å². The van der Waals surface area contributed by atoms with Crippen LogP contribution < -0.4 is 4.57 Å². The van der Waals surface area contributed by atoms with Gasteiger partial charge in [-0.15, -0.1) is 4.57 Å². The quantitative estimate of drug-likeness (QED) is 0.450. The minimum absolute atomic E-state index is 0.340. The molecule has 0 aliphatic rings. The van der Waals surface area contributed by atoms with Crippen LogP contribution in [-0.2, 0) is 11.8 Å². The minimum atomic E-state index is -10.7. The Bertz CT molecular complexity index is 414. The number of aryl methyl sites for hydroxylation is 1. The summed E-state index contributed by atoms with van der Waals surface area (Å²) in [6.45, 7) is 2.18. The Morgan fingerprint density at radius 1 is 1.28 bits per heavy atom. The summed E-state index contributed by atoms with van der Waals surface area (Å²) in [4.78, 5) is 11.0. The van der Waals surface area contributed by atoms with E-state index < -0.39 is 7.81 Å². The molecule has 1 rings (SSSR count). The molecule has 0 saturated heterocycles. The van der Waals surface area contributed by atoms with Gasteiger partial charge >= 0.3 is 39.1 Å². The van der Waals surface area contributed by atoms with Crippen molar-refractivity contribution in [3.8, 4) is 0 Å². The zero-order chi connectivity index (χ0) is 14.7. The summed E-state index contributed by atoms with van der Waals surface area (Å²) in [7, 11) is -8.81. The molecule has 0 N–H and O–H groups in total. The van der Waals surface area contributed by atoms with E-state index in [9.17, 15) is 30.0 Å². The summed E-state index contributed by atoms with van der Waals surface area (Å²) in [6.07, 6.45) is 4.74. The SMILES string of the molecule is CCOC(=O)[n+]1ccn(C)c1.F[P-](F)(F)(F)(F)F. The molecular formula is C7H11F6N2O2P. The summed E-state index contributed by atoms with van der Waals surface area (Å²) in [6, 6.07) is 0. The molecule has 0 atom stereocenters. The standard InChI is InChI=1S/C7H11N2O2.F6P/c1-3-11-7(10)9-5-4-8(2)6-9;1-7(2,3,4,5)6/h4-6H,3H2,1-2H3;/q+1;-1. The Hall–Kier alpha value is -1.31. The van der Waals surface area contributed by atoms with Crippen molar-refractivity contribution in [3.63, 3.8) is 0 Å². The van der Waals surface area contributed by atoms with Gasteiger partial charge in [0, 0.05) is 0 Å². The first-order valence-electron chi connectivity index (χ1n) is 4.46. The second kappa shape index (κ2) is 4.42. The van der Waals surface area contributed by atoms with Gasteiger partial charge in [-0.2, -0.15) is 4.79 Å². The fourth-order valence-corrected chi connectivity index (χ4v) is 0.756. The average molecular weight is 300 g/mol. The molecule has 0 fully saturated rings. The molecule has 0 amide bonds. The third-order valence-electron chi connectivity index (χ3n) is 1.25. The van der Waals surface area contributed by atoms with Gasteiger partial charge in [0.25, 0.3) is 6.33 Å². The number of carbonyl (C=O) groups excluding carboxylic acids is 1. The molecule has 0 saturated carbocycles. The zero-order valence-corrected chi connectivity index (χ0v) is 10.3. The Kier molecular flexibility index (Phi) is 4.09. The Morgan fingerprint density at radius 3 is 2.00 bits per heavy atom. The molecule has 108 valence electrons. The molecule has 11 heteroatoms. The van der Waals surface area contributed by atoms with E-state index in [2.05, 4.69) is 0 Å². The third kappa shape index (κ3) is 12.8. The van der Waals surface area contributed by atoms with E-state index in [1.54, 1.807) is 30.2 Å². The zero-order valence-electron chi connectivity index (χ0n) is 9.37. The second-order valence-corrected chi connectivity index (χ2v) is 5.06. The average Bonchev–Trinajstić information content (AvgIpc) is 2.46. The van der Waals surface area contributed by atoms with E-state index in [0.29, 0.717) is 6.61 Å². The maximum atomic E-state index is 11.0. The fourth-order valence-electron chi connectivity index (χ4n) is 0.756. The van der Waals surface area contributed by atoms with E-state index in [0.717, 1.165) is 0 Å². The molecule has 0 radical (unpaired) electrons. The van der Waals surface area contributed by atoms with Crippen LogP contribution in [0.15, 0.2) is 18.7 Å². The first-order chi connectivity index (χ1) is 7.69. The van der Waals surface area contributed by atoms with Gasteiger partial charge in [-0.25, -0.2) is 4.57 Å². The van der Waals surface area contributed by atoms with Gasteiger partial charge in [0.1, 0.15) is 12.4 Å². The number of rotatable bonds is 1. The van der Waals surface area contributed by atoms with Gasteiger partial charge in [-0.1, -0.05) is 0 Å². The Balaban J connectivity index is 0.000000360. The normalized spacial score (nSPS) is 14.9. The van der Waals surface area contributed by atoms with E-state index in [-0.39, 0.29) is 6.09 Å². The third-order valence-corrected chi connectivity index (χ3v) is 1.25. The number of aromatic nitrogens is 2.